The molecule has 1 amide bonds. The molecule has 0 saturated heterocycles. The largest absolute Gasteiger partial charge is 0.490 e. The van der Waals surface area contributed by atoms with Crippen LogP contribution < -0.4 is 10.2 Å². The summed E-state index contributed by atoms with van der Waals surface area (Å²) in [5.41, 5.74) is 2.97. The number of rotatable bonds is 8. The van der Waals surface area contributed by atoms with Crippen molar-refractivity contribution in [3.8, 4) is 0 Å². The van der Waals surface area contributed by atoms with Crippen molar-refractivity contribution in [2.24, 2.45) is 0 Å². The zero-order valence-electron chi connectivity index (χ0n) is 18.6. The van der Waals surface area contributed by atoms with Gasteiger partial charge in [0.25, 0.3) is 5.91 Å². The summed E-state index contributed by atoms with van der Waals surface area (Å²) in [6, 6.07) is 12.3. The molecule has 0 unspecified atom stereocenters. The molecule has 2 rings (SSSR count). The molecule has 0 saturated carbocycles. The van der Waals surface area contributed by atoms with Gasteiger partial charge in [0.05, 0.1) is 11.3 Å². The number of alkyl halides is 3. The van der Waals surface area contributed by atoms with E-state index in [1.807, 2.05) is 26.0 Å². The Morgan fingerprint density at radius 2 is 1.58 bits per heavy atom. The van der Waals surface area contributed by atoms with Crippen molar-refractivity contribution in [1.29, 1.82) is 0 Å². The first kappa shape index (κ1) is 27.5. The molecular weight excluding hydrogens is 441 g/mol. The van der Waals surface area contributed by atoms with Gasteiger partial charge in [0, 0.05) is 24.3 Å². The first-order chi connectivity index (χ1) is 15.4. The van der Waals surface area contributed by atoms with Crippen LogP contribution in [0.5, 0.6) is 0 Å². The first-order valence-corrected chi connectivity index (χ1v) is 10.2. The number of nitrogens with zero attached hydrogens (tertiary/aromatic N) is 1. The highest BCUT2D eigenvalue weighted by Crippen LogP contribution is 2.25. The Bertz CT molecular complexity index is 960. The van der Waals surface area contributed by atoms with Gasteiger partial charge in [-0.25, -0.2) is 9.59 Å². The molecule has 0 bridgehead atoms. The van der Waals surface area contributed by atoms with Gasteiger partial charge < -0.3 is 20.4 Å². The highest BCUT2D eigenvalue weighted by Gasteiger charge is 2.38. The molecule has 0 aliphatic rings. The van der Waals surface area contributed by atoms with Crippen molar-refractivity contribution >= 4 is 29.2 Å². The number of nitrogens with one attached hydrogen (secondary N) is 1. The number of carbonyl (C=O) groups is 3. The number of hydrogen-bond donors (Lipinski definition) is 3. The number of aromatic carboxylic acids is 1. The second-order valence-corrected chi connectivity index (χ2v) is 7.09. The van der Waals surface area contributed by atoms with Gasteiger partial charge >= 0.3 is 18.1 Å². The molecule has 7 nitrogen and oxygen atoms in total. The van der Waals surface area contributed by atoms with Crippen molar-refractivity contribution < 1.29 is 37.8 Å². The van der Waals surface area contributed by atoms with E-state index in [4.69, 9.17) is 9.90 Å². The molecule has 2 aromatic carbocycles. The molecule has 10 heteroatoms. The van der Waals surface area contributed by atoms with E-state index in [0.717, 1.165) is 31.5 Å². The molecule has 0 aromatic heterocycles. The maximum atomic E-state index is 12.4. The molecule has 0 aliphatic heterocycles. The van der Waals surface area contributed by atoms with Crippen molar-refractivity contribution in [1.82, 2.24) is 0 Å². The normalized spacial score (nSPS) is 10.6. The zero-order valence-corrected chi connectivity index (χ0v) is 18.6. The number of benzene rings is 2. The molecule has 0 radical (unpaired) electrons. The number of carbonyl (C=O) groups excluding carboxylic acids is 1. The predicted octanol–water partition coefficient (Wildman–Crippen LogP) is 5.21. The van der Waals surface area contributed by atoms with Crippen molar-refractivity contribution in [3.05, 3.63) is 59.2 Å². The number of carboxylic acids is 2. The summed E-state index contributed by atoms with van der Waals surface area (Å²) in [5.74, 6) is -4.01. The Hall–Kier alpha value is -3.56. The third kappa shape index (κ3) is 8.83. The van der Waals surface area contributed by atoms with E-state index in [0.29, 0.717) is 16.9 Å². The quantitative estimate of drug-likeness (QED) is 0.491. The van der Waals surface area contributed by atoms with Gasteiger partial charge in [-0.3, -0.25) is 4.79 Å². The van der Waals surface area contributed by atoms with E-state index in [9.17, 15) is 27.9 Å². The van der Waals surface area contributed by atoms with E-state index in [1.54, 1.807) is 24.3 Å². The number of hydrogen-bond acceptors (Lipinski definition) is 4. The maximum Gasteiger partial charge on any atom is 0.490 e. The highest BCUT2D eigenvalue weighted by molar-refractivity contribution is 6.05. The Balaban J connectivity index is 0.000000675. The molecule has 0 spiro atoms. The Kier molecular flexibility index (Phi) is 10.4. The van der Waals surface area contributed by atoms with Crippen LogP contribution in [0, 0.1) is 6.92 Å². The fourth-order valence-corrected chi connectivity index (χ4v) is 2.77. The van der Waals surface area contributed by atoms with Crippen LogP contribution in [0.25, 0.3) is 0 Å². The standard InChI is InChI=1S/C21H26N2O3.C2HF3O2/c1-4-6-13-23(5-2)19-12-11-17(14-18(19)21(25)26)22-20(24)16-9-7-15(3)8-10-16;3-2(4,5)1(6)7/h7-12,14H,4-6,13H2,1-3H3,(H,22,24)(H,25,26);(H,6,7). The van der Waals surface area contributed by atoms with E-state index in [2.05, 4.69) is 17.1 Å². The summed E-state index contributed by atoms with van der Waals surface area (Å²) in [5, 5.41) is 19.5. The number of halogens is 3. The van der Waals surface area contributed by atoms with Crippen LogP contribution in [-0.4, -0.2) is 47.3 Å². The SMILES string of the molecule is CCCCN(CC)c1ccc(NC(=O)c2ccc(C)cc2)cc1C(=O)O.O=C(O)C(F)(F)F. The monoisotopic (exact) mass is 468 g/mol. The molecule has 0 aliphatic carbocycles. The van der Waals surface area contributed by atoms with E-state index in [1.165, 1.54) is 6.07 Å². The Labute approximate surface area is 189 Å². The van der Waals surface area contributed by atoms with Gasteiger partial charge in [-0.05, 0) is 50.6 Å². The molecule has 33 heavy (non-hydrogen) atoms. The smallest absolute Gasteiger partial charge is 0.478 e. The van der Waals surface area contributed by atoms with Crippen molar-refractivity contribution in [2.45, 2.75) is 39.8 Å². The van der Waals surface area contributed by atoms with Crippen LogP contribution in [0.1, 0.15) is 53.0 Å². The van der Waals surface area contributed by atoms with Crippen molar-refractivity contribution in [2.75, 3.05) is 23.3 Å². The highest BCUT2D eigenvalue weighted by atomic mass is 19.4. The van der Waals surface area contributed by atoms with Gasteiger partial charge in [0.1, 0.15) is 0 Å². The molecule has 3 N–H and O–H groups in total. The zero-order chi connectivity index (χ0) is 25.2. The van der Waals surface area contributed by atoms with Crippen LogP contribution in [0.2, 0.25) is 0 Å². The van der Waals surface area contributed by atoms with Crippen LogP contribution in [-0.2, 0) is 4.79 Å². The van der Waals surface area contributed by atoms with Gasteiger partial charge in [-0.15, -0.1) is 0 Å². The van der Waals surface area contributed by atoms with Gasteiger partial charge in [0.15, 0.2) is 0 Å². The molecular formula is C23H27F3N2O5. The van der Waals surface area contributed by atoms with Crippen LogP contribution in [0.4, 0.5) is 24.5 Å². The second kappa shape index (κ2) is 12.5. The summed E-state index contributed by atoms with van der Waals surface area (Å²) in [4.78, 5) is 35.0. The average molecular weight is 468 g/mol. The summed E-state index contributed by atoms with van der Waals surface area (Å²) in [7, 11) is 0. The van der Waals surface area contributed by atoms with E-state index >= 15 is 0 Å². The average Bonchev–Trinajstić information content (AvgIpc) is 2.75. The summed E-state index contributed by atoms with van der Waals surface area (Å²) in [6.07, 6.45) is -3.04. The Morgan fingerprint density at radius 1 is 1.00 bits per heavy atom. The third-order valence-electron chi connectivity index (χ3n) is 4.55. The molecule has 0 heterocycles. The number of anilines is 2. The van der Waals surface area contributed by atoms with Gasteiger partial charge in [-0.1, -0.05) is 31.0 Å². The van der Waals surface area contributed by atoms with Crippen LogP contribution in [0.15, 0.2) is 42.5 Å². The molecule has 0 fully saturated rings. The summed E-state index contributed by atoms with van der Waals surface area (Å²) < 4.78 is 31.7. The van der Waals surface area contributed by atoms with Crippen molar-refractivity contribution in [3.63, 3.8) is 0 Å². The summed E-state index contributed by atoms with van der Waals surface area (Å²) >= 11 is 0. The number of aryl methyl sites for hydroxylation is 1. The topological polar surface area (TPSA) is 107 Å². The minimum Gasteiger partial charge on any atom is -0.478 e. The van der Waals surface area contributed by atoms with E-state index < -0.39 is 18.1 Å². The molecule has 180 valence electrons. The Morgan fingerprint density at radius 3 is 2.03 bits per heavy atom. The van der Waals surface area contributed by atoms with E-state index in [-0.39, 0.29) is 11.5 Å². The van der Waals surface area contributed by atoms with Gasteiger partial charge in [-0.2, -0.15) is 13.2 Å². The van der Waals surface area contributed by atoms with Crippen LogP contribution in [0.3, 0.4) is 0 Å². The lowest BCUT2D eigenvalue weighted by Gasteiger charge is -2.25. The fourth-order valence-electron chi connectivity index (χ4n) is 2.77. The summed E-state index contributed by atoms with van der Waals surface area (Å²) in [6.45, 7) is 7.61. The first-order valence-electron chi connectivity index (χ1n) is 10.2. The number of unbranched alkanes of at least 4 members (excludes halogenated alkanes) is 1. The maximum absolute atomic E-state index is 12.4. The number of amides is 1. The minimum atomic E-state index is -5.08. The molecule has 2 aromatic rings. The number of aliphatic carboxylic acids is 1. The predicted molar refractivity (Wildman–Crippen MR) is 119 cm³/mol. The fraction of sp³-hybridized carbons (Fsp3) is 0.348. The lowest BCUT2D eigenvalue weighted by atomic mass is 10.1. The van der Waals surface area contributed by atoms with Gasteiger partial charge in [0.2, 0.25) is 0 Å². The minimum absolute atomic E-state index is 0.199. The molecule has 0 atom stereocenters. The lowest BCUT2D eigenvalue weighted by molar-refractivity contribution is -0.192. The third-order valence-corrected chi connectivity index (χ3v) is 4.55. The van der Waals surface area contributed by atoms with Crippen LogP contribution >= 0.6 is 0 Å². The second-order valence-electron chi connectivity index (χ2n) is 7.09. The lowest BCUT2D eigenvalue weighted by Crippen LogP contribution is -2.26. The number of carboxylic acid groups (broad SMARTS) is 2.